The molecular formula is C12H18N2. The largest absolute Gasteiger partial charge is 0.167 e. The molecule has 0 aliphatic rings. The van der Waals surface area contributed by atoms with Gasteiger partial charge < -0.3 is 0 Å². The summed E-state index contributed by atoms with van der Waals surface area (Å²) in [5, 5.41) is 7.21. The highest BCUT2D eigenvalue weighted by Crippen LogP contribution is 2.10. The van der Waals surface area contributed by atoms with Gasteiger partial charge in [-0.25, -0.2) is 0 Å². The molecule has 0 atom stereocenters. The third-order valence-corrected chi connectivity index (χ3v) is 1.65. The molecule has 0 aliphatic carbocycles. The van der Waals surface area contributed by atoms with Crippen LogP contribution < -0.4 is 0 Å². The first-order valence-electron chi connectivity index (χ1n) is 4.65. The zero-order valence-corrected chi connectivity index (χ0v) is 9.25. The van der Waals surface area contributed by atoms with Crippen LogP contribution in [0.4, 0.5) is 0 Å². The normalized spacial score (nSPS) is 13.4. The first-order chi connectivity index (χ1) is 6.61. The molecule has 0 radical (unpaired) electrons. The molecule has 0 bridgehead atoms. The smallest absolute Gasteiger partial charge is 0.0570 e. The highest BCUT2D eigenvalue weighted by molar-refractivity contribution is 5.85. The molecule has 0 aliphatic heterocycles. The average molecular weight is 190 g/mol. The second-order valence-corrected chi connectivity index (χ2v) is 3.13. The number of allylic oxidation sites excluding steroid dienone is 5. The van der Waals surface area contributed by atoms with Crippen molar-refractivity contribution in [1.29, 1.82) is 0 Å². The lowest BCUT2D eigenvalue weighted by Crippen LogP contribution is -1.88. The van der Waals surface area contributed by atoms with Crippen LogP contribution in [-0.2, 0) is 0 Å². The van der Waals surface area contributed by atoms with E-state index in [1.165, 1.54) is 5.57 Å². The van der Waals surface area contributed by atoms with Crippen molar-refractivity contribution in [2.45, 2.75) is 27.2 Å². The fraction of sp³-hybridized carbons (Fsp3) is 0.333. The fourth-order valence-electron chi connectivity index (χ4n) is 1.05. The second-order valence-electron chi connectivity index (χ2n) is 3.13. The standard InChI is InChI=1S/C12H18N2/c1-6-7-11(4)12(8-10(2)3)9-14-13-5/h7-9H,2,5-6H2,1,3-4H3/b11-7-,12-8-,14-9-. The van der Waals surface area contributed by atoms with Gasteiger partial charge in [0.25, 0.3) is 0 Å². The molecule has 0 aromatic heterocycles. The van der Waals surface area contributed by atoms with Gasteiger partial charge >= 0.3 is 0 Å². The Labute approximate surface area is 86.4 Å². The van der Waals surface area contributed by atoms with Gasteiger partial charge in [-0.15, -0.1) is 0 Å². The van der Waals surface area contributed by atoms with Gasteiger partial charge in [0.05, 0.1) is 6.21 Å². The van der Waals surface area contributed by atoms with E-state index in [9.17, 15) is 0 Å². The maximum atomic E-state index is 3.83. The van der Waals surface area contributed by atoms with E-state index in [0.717, 1.165) is 17.6 Å². The zero-order chi connectivity index (χ0) is 11.0. The molecule has 2 heteroatoms. The number of nitrogens with zero attached hydrogens (tertiary/aromatic N) is 2. The average Bonchev–Trinajstić information content (AvgIpc) is 2.12. The molecule has 0 amide bonds. The molecule has 0 N–H and O–H groups in total. The van der Waals surface area contributed by atoms with Crippen LogP contribution in [0, 0.1) is 0 Å². The van der Waals surface area contributed by atoms with Gasteiger partial charge in [-0.3, -0.25) is 0 Å². The van der Waals surface area contributed by atoms with Crippen LogP contribution in [-0.4, -0.2) is 12.9 Å². The molecule has 0 spiro atoms. The molecule has 0 aromatic carbocycles. The summed E-state index contributed by atoms with van der Waals surface area (Å²) < 4.78 is 0. The van der Waals surface area contributed by atoms with Crippen molar-refractivity contribution in [3.63, 3.8) is 0 Å². The molecule has 0 rings (SSSR count). The third kappa shape index (κ3) is 5.25. The predicted molar refractivity (Wildman–Crippen MR) is 65.0 cm³/mol. The quantitative estimate of drug-likeness (QED) is 0.360. The monoisotopic (exact) mass is 190 g/mol. The van der Waals surface area contributed by atoms with Gasteiger partial charge in [-0.05, 0) is 31.4 Å². The first-order valence-corrected chi connectivity index (χ1v) is 4.65. The van der Waals surface area contributed by atoms with Gasteiger partial charge in [-0.2, -0.15) is 10.2 Å². The Kier molecular flexibility index (Phi) is 6.29. The molecule has 0 saturated heterocycles. The minimum atomic E-state index is 0.999. The summed E-state index contributed by atoms with van der Waals surface area (Å²) in [6.07, 6.45) is 6.83. The SMILES string of the molecule is C=N\N=C/C(=C/C(=C)C)C(/C)=C\CC. The minimum absolute atomic E-state index is 0.999. The van der Waals surface area contributed by atoms with E-state index in [0.29, 0.717) is 0 Å². The maximum absolute atomic E-state index is 3.83. The van der Waals surface area contributed by atoms with Crippen molar-refractivity contribution in [3.05, 3.63) is 35.5 Å². The molecule has 14 heavy (non-hydrogen) atoms. The van der Waals surface area contributed by atoms with E-state index in [1.54, 1.807) is 6.21 Å². The lowest BCUT2D eigenvalue weighted by molar-refractivity contribution is 1.19. The summed E-state index contributed by atoms with van der Waals surface area (Å²) >= 11 is 0. The molecule has 0 aromatic rings. The van der Waals surface area contributed by atoms with Crippen LogP contribution in [0.25, 0.3) is 0 Å². The Morgan fingerprint density at radius 3 is 2.43 bits per heavy atom. The Hall–Kier alpha value is -1.44. The van der Waals surface area contributed by atoms with Crippen molar-refractivity contribution >= 4 is 12.9 Å². The fourth-order valence-corrected chi connectivity index (χ4v) is 1.05. The molecular weight excluding hydrogens is 172 g/mol. The summed E-state index contributed by atoms with van der Waals surface area (Å²) in [7, 11) is 0. The topological polar surface area (TPSA) is 24.7 Å². The summed E-state index contributed by atoms with van der Waals surface area (Å²) in [6.45, 7) is 13.2. The molecule has 2 nitrogen and oxygen atoms in total. The minimum Gasteiger partial charge on any atom is -0.167 e. The molecule has 0 fully saturated rings. The Morgan fingerprint density at radius 1 is 1.36 bits per heavy atom. The Balaban J connectivity index is 4.90. The molecule has 0 unspecified atom stereocenters. The molecule has 76 valence electrons. The van der Waals surface area contributed by atoms with Gasteiger partial charge in [-0.1, -0.05) is 31.2 Å². The van der Waals surface area contributed by atoms with E-state index < -0.39 is 0 Å². The van der Waals surface area contributed by atoms with Gasteiger partial charge in [0.2, 0.25) is 0 Å². The van der Waals surface area contributed by atoms with E-state index in [4.69, 9.17) is 0 Å². The van der Waals surface area contributed by atoms with Crippen LogP contribution >= 0.6 is 0 Å². The van der Waals surface area contributed by atoms with Crippen LogP contribution in [0.5, 0.6) is 0 Å². The zero-order valence-electron chi connectivity index (χ0n) is 9.25. The van der Waals surface area contributed by atoms with Crippen molar-refractivity contribution in [3.8, 4) is 0 Å². The number of hydrogen-bond acceptors (Lipinski definition) is 2. The van der Waals surface area contributed by atoms with E-state index in [2.05, 4.69) is 36.5 Å². The summed E-state index contributed by atoms with van der Waals surface area (Å²) in [5.41, 5.74) is 3.22. The van der Waals surface area contributed by atoms with Crippen LogP contribution in [0.15, 0.2) is 45.7 Å². The first kappa shape index (κ1) is 12.6. The van der Waals surface area contributed by atoms with Crippen LogP contribution in [0.3, 0.4) is 0 Å². The van der Waals surface area contributed by atoms with Crippen molar-refractivity contribution in [2.24, 2.45) is 10.2 Å². The predicted octanol–water partition coefficient (Wildman–Crippen LogP) is 3.53. The second kappa shape index (κ2) is 7.01. The van der Waals surface area contributed by atoms with Crippen LogP contribution in [0.1, 0.15) is 27.2 Å². The van der Waals surface area contributed by atoms with E-state index in [-0.39, 0.29) is 0 Å². The van der Waals surface area contributed by atoms with E-state index >= 15 is 0 Å². The number of rotatable bonds is 5. The van der Waals surface area contributed by atoms with Gasteiger partial charge in [0, 0.05) is 6.72 Å². The van der Waals surface area contributed by atoms with Crippen molar-refractivity contribution in [1.82, 2.24) is 0 Å². The molecule has 0 saturated carbocycles. The van der Waals surface area contributed by atoms with Crippen LogP contribution in [0.2, 0.25) is 0 Å². The summed E-state index contributed by atoms with van der Waals surface area (Å²) in [4.78, 5) is 0. The van der Waals surface area contributed by atoms with Crippen molar-refractivity contribution in [2.75, 3.05) is 0 Å². The summed E-state index contributed by atoms with van der Waals surface area (Å²) in [6, 6.07) is 0. The third-order valence-electron chi connectivity index (χ3n) is 1.65. The summed E-state index contributed by atoms with van der Waals surface area (Å²) in [5.74, 6) is 0. The van der Waals surface area contributed by atoms with Gasteiger partial charge in [0.15, 0.2) is 0 Å². The highest BCUT2D eigenvalue weighted by atomic mass is 15.2. The highest BCUT2D eigenvalue weighted by Gasteiger charge is 1.95. The maximum Gasteiger partial charge on any atom is 0.0570 e. The Bertz CT molecular complexity index is 293. The van der Waals surface area contributed by atoms with Gasteiger partial charge in [0.1, 0.15) is 0 Å². The Morgan fingerprint density at radius 2 is 2.00 bits per heavy atom. The molecule has 0 heterocycles. The number of hydrogen-bond donors (Lipinski definition) is 0. The lowest BCUT2D eigenvalue weighted by Gasteiger charge is -2.01. The van der Waals surface area contributed by atoms with Crippen molar-refractivity contribution < 1.29 is 0 Å². The van der Waals surface area contributed by atoms with E-state index in [1.807, 2.05) is 19.9 Å². The lowest BCUT2D eigenvalue weighted by atomic mass is 10.1.